The van der Waals surface area contributed by atoms with Crippen LogP contribution in [0.1, 0.15) is 27.2 Å². The van der Waals surface area contributed by atoms with Crippen molar-refractivity contribution in [3.8, 4) is 0 Å². The topological polar surface area (TPSA) is 78.9 Å². The minimum Gasteiger partial charge on any atom is -0.481 e. The molecule has 6 nitrogen and oxygen atoms in total. The van der Waals surface area contributed by atoms with Crippen molar-refractivity contribution < 1.29 is 19.4 Å². The van der Waals surface area contributed by atoms with E-state index in [9.17, 15) is 9.59 Å². The van der Waals surface area contributed by atoms with E-state index in [0.29, 0.717) is 6.42 Å². The highest BCUT2D eigenvalue weighted by Gasteiger charge is 2.39. The van der Waals surface area contributed by atoms with Crippen molar-refractivity contribution in [3.05, 3.63) is 0 Å². The molecule has 1 saturated heterocycles. The van der Waals surface area contributed by atoms with Crippen molar-refractivity contribution in [2.45, 2.75) is 39.0 Å². The average Bonchev–Trinajstić information content (AvgIpc) is 2.58. The summed E-state index contributed by atoms with van der Waals surface area (Å²) < 4.78 is 5.24. The van der Waals surface area contributed by atoms with Gasteiger partial charge < -0.3 is 15.2 Å². The molecule has 0 aromatic heterocycles. The average molecular weight is 244 g/mol. The first-order valence-electron chi connectivity index (χ1n) is 5.64. The van der Waals surface area contributed by atoms with Gasteiger partial charge in [-0.25, -0.2) is 4.79 Å². The molecule has 0 saturated carbocycles. The van der Waals surface area contributed by atoms with Crippen LogP contribution in [-0.2, 0) is 9.53 Å². The molecule has 0 aromatic carbocycles. The molecule has 0 aliphatic carbocycles. The molecule has 1 amide bonds. The van der Waals surface area contributed by atoms with Crippen molar-refractivity contribution >= 4 is 12.1 Å². The summed E-state index contributed by atoms with van der Waals surface area (Å²) in [4.78, 5) is 24.2. The van der Waals surface area contributed by atoms with Gasteiger partial charge in [0.25, 0.3) is 0 Å². The Bertz CT molecular complexity index is 311. The Morgan fingerprint density at radius 1 is 1.41 bits per heavy atom. The second kappa shape index (κ2) is 4.91. The third kappa shape index (κ3) is 3.59. The summed E-state index contributed by atoms with van der Waals surface area (Å²) in [6, 6.07) is 0. The number of amides is 1. The van der Waals surface area contributed by atoms with Gasteiger partial charge in [0.2, 0.25) is 0 Å². The third-order valence-corrected chi connectivity index (χ3v) is 2.61. The molecule has 1 aliphatic rings. The highest BCUT2D eigenvalue weighted by molar-refractivity contribution is 5.74. The standard InChI is InChI=1S/C11H20N2O4/c1-11(2,3)17-10(16)13-6-7(9(14)15)5-8(13)12-4/h7-8,12H,5-6H2,1-4H3,(H,14,15)/t7-,8+/m1/s1. The zero-order valence-corrected chi connectivity index (χ0v) is 10.7. The van der Waals surface area contributed by atoms with Gasteiger partial charge in [-0.05, 0) is 34.2 Å². The molecule has 2 N–H and O–H groups in total. The molecule has 1 aliphatic heterocycles. The van der Waals surface area contributed by atoms with E-state index in [1.54, 1.807) is 27.8 Å². The first-order chi connectivity index (χ1) is 7.74. The molecule has 0 bridgehead atoms. The van der Waals surface area contributed by atoms with E-state index >= 15 is 0 Å². The van der Waals surface area contributed by atoms with Gasteiger partial charge in [0.1, 0.15) is 5.60 Å². The minimum atomic E-state index is -0.878. The van der Waals surface area contributed by atoms with Gasteiger partial charge in [0.05, 0.1) is 12.1 Å². The van der Waals surface area contributed by atoms with Crippen LogP contribution in [-0.4, -0.2) is 47.4 Å². The number of nitrogens with one attached hydrogen (secondary N) is 1. The van der Waals surface area contributed by atoms with Gasteiger partial charge in [0, 0.05) is 6.54 Å². The molecule has 98 valence electrons. The molecule has 1 heterocycles. The fraction of sp³-hybridized carbons (Fsp3) is 0.818. The number of nitrogens with zero attached hydrogens (tertiary/aromatic N) is 1. The lowest BCUT2D eigenvalue weighted by molar-refractivity contribution is -0.141. The Balaban J connectivity index is 2.69. The summed E-state index contributed by atoms with van der Waals surface area (Å²) in [5.41, 5.74) is -0.573. The van der Waals surface area contributed by atoms with Gasteiger partial charge in [-0.3, -0.25) is 9.69 Å². The van der Waals surface area contributed by atoms with Crippen LogP contribution in [0.15, 0.2) is 0 Å². The van der Waals surface area contributed by atoms with E-state index in [4.69, 9.17) is 9.84 Å². The van der Waals surface area contributed by atoms with Gasteiger partial charge in [-0.15, -0.1) is 0 Å². The van der Waals surface area contributed by atoms with E-state index < -0.39 is 23.6 Å². The molecular weight excluding hydrogens is 224 g/mol. The monoisotopic (exact) mass is 244 g/mol. The molecule has 0 spiro atoms. The quantitative estimate of drug-likeness (QED) is 0.753. The fourth-order valence-electron chi connectivity index (χ4n) is 1.81. The maximum absolute atomic E-state index is 11.9. The predicted octanol–water partition coefficient (Wildman–Crippen LogP) is 0.873. The van der Waals surface area contributed by atoms with Crippen LogP contribution in [0.2, 0.25) is 0 Å². The van der Waals surface area contributed by atoms with Gasteiger partial charge in [-0.1, -0.05) is 0 Å². The fourth-order valence-corrected chi connectivity index (χ4v) is 1.81. The van der Waals surface area contributed by atoms with E-state index in [-0.39, 0.29) is 12.7 Å². The van der Waals surface area contributed by atoms with Crippen LogP contribution in [0.3, 0.4) is 0 Å². The van der Waals surface area contributed by atoms with Crippen molar-refractivity contribution in [1.82, 2.24) is 10.2 Å². The van der Waals surface area contributed by atoms with Crippen LogP contribution in [0.5, 0.6) is 0 Å². The molecule has 0 radical (unpaired) electrons. The lowest BCUT2D eigenvalue weighted by Crippen LogP contribution is -2.45. The Morgan fingerprint density at radius 3 is 2.41 bits per heavy atom. The summed E-state index contributed by atoms with van der Waals surface area (Å²) >= 11 is 0. The lowest BCUT2D eigenvalue weighted by atomic mass is 10.1. The van der Waals surface area contributed by atoms with Crippen LogP contribution >= 0.6 is 0 Å². The van der Waals surface area contributed by atoms with Crippen LogP contribution in [0, 0.1) is 5.92 Å². The van der Waals surface area contributed by atoms with E-state index in [2.05, 4.69) is 5.32 Å². The Hall–Kier alpha value is -1.30. The Labute approximate surface area is 101 Å². The van der Waals surface area contributed by atoms with Crippen LogP contribution < -0.4 is 5.32 Å². The first kappa shape index (κ1) is 13.8. The minimum absolute atomic E-state index is 0.190. The third-order valence-electron chi connectivity index (χ3n) is 2.61. The summed E-state index contributed by atoms with van der Waals surface area (Å²) in [6.45, 7) is 5.54. The largest absolute Gasteiger partial charge is 0.481 e. The summed E-state index contributed by atoms with van der Waals surface area (Å²) in [5, 5.41) is 11.9. The van der Waals surface area contributed by atoms with Crippen molar-refractivity contribution in [3.63, 3.8) is 0 Å². The van der Waals surface area contributed by atoms with Crippen molar-refractivity contribution in [1.29, 1.82) is 0 Å². The number of ether oxygens (including phenoxy) is 1. The maximum Gasteiger partial charge on any atom is 0.411 e. The molecule has 1 fully saturated rings. The van der Waals surface area contributed by atoms with E-state index in [1.807, 2.05) is 0 Å². The van der Waals surface area contributed by atoms with Gasteiger partial charge in [0.15, 0.2) is 0 Å². The second-order valence-electron chi connectivity index (χ2n) is 5.21. The predicted molar refractivity (Wildman–Crippen MR) is 61.5 cm³/mol. The Morgan fingerprint density at radius 2 is 2.00 bits per heavy atom. The van der Waals surface area contributed by atoms with E-state index in [0.717, 1.165) is 0 Å². The summed E-state index contributed by atoms with van der Waals surface area (Å²) in [5.74, 6) is -1.41. The normalized spacial score (nSPS) is 24.8. The number of hydrogen-bond acceptors (Lipinski definition) is 4. The molecule has 1 rings (SSSR count). The lowest BCUT2D eigenvalue weighted by Gasteiger charge is -2.28. The molecular formula is C11H20N2O4. The number of aliphatic carboxylic acids is 1. The maximum atomic E-state index is 11.9. The number of rotatable bonds is 2. The number of carbonyl (C=O) groups excluding carboxylic acids is 1. The number of carboxylic acid groups (broad SMARTS) is 1. The molecule has 0 unspecified atom stereocenters. The molecule has 17 heavy (non-hydrogen) atoms. The summed E-state index contributed by atoms with van der Waals surface area (Å²) in [6.07, 6.45) is -0.336. The van der Waals surface area contributed by atoms with Crippen molar-refractivity contribution in [2.24, 2.45) is 5.92 Å². The number of hydrogen-bond donors (Lipinski definition) is 2. The highest BCUT2D eigenvalue weighted by atomic mass is 16.6. The Kier molecular flexibility index (Phi) is 3.98. The smallest absolute Gasteiger partial charge is 0.411 e. The van der Waals surface area contributed by atoms with Crippen LogP contribution in [0.4, 0.5) is 4.79 Å². The zero-order chi connectivity index (χ0) is 13.2. The summed E-state index contributed by atoms with van der Waals surface area (Å²) in [7, 11) is 1.70. The highest BCUT2D eigenvalue weighted by Crippen LogP contribution is 2.23. The number of carbonyl (C=O) groups is 2. The first-order valence-corrected chi connectivity index (χ1v) is 5.64. The van der Waals surface area contributed by atoms with Gasteiger partial charge >= 0.3 is 12.1 Å². The second-order valence-corrected chi connectivity index (χ2v) is 5.21. The SMILES string of the molecule is CN[C@@H]1C[C@@H](C(=O)O)CN1C(=O)OC(C)(C)C. The van der Waals surface area contributed by atoms with Crippen LogP contribution in [0.25, 0.3) is 0 Å². The van der Waals surface area contributed by atoms with Crippen molar-refractivity contribution in [2.75, 3.05) is 13.6 Å². The molecule has 0 aromatic rings. The van der Waals surface area contributed by atoms with E-state index in [1.165, 1.54) is 4.90 Å². The van der Waals surface area contributed by atoms with Gasteiger partial charge in [-0.2, -0.15) is 0 Å². The number of carboxylic acids is 1. The molecule has 6 heteroatoms. The molecule has 2 atom stereocenters. The number of likely N-dealkylation sites (tertiary alicyclic amines) is 1. The zero-order valence-electron chi connectivity index (χ0n) is 10.7.